The van der Waals surface area contributed by atoms with Crippen molar-refractivity contribution in [2.24, 2.45) is 17.8 Å². The molecule has 2 heterocycles. The number of piperazine rings is 1. The molecule has 2 saturated heterocycles. The van der Waals surface area contributed by atoms with E-state index in [0.29, 0.717) is 6.04 Å². The smallest absolute Gasteiger partial charge is 0.0244 e. The Balaban J connectivity index is 1.95. The van der Waals surface area contributed by atoms with E-state index in [0.717, 1.165) is 23.8 Å². The lowest BCUT2D eigenvalue weighted by molar-refractivity contribution is 0.0683. The minimum absolute atomic E-state index is 0.689. The first-order valence-corrected chi connectivity index (χ1v) is 8.67. The van der Waals surface area contributed by atoms with E-state index >= 15 is 0 Å². The van der Waals surface area contributed by atoms with E-state index in [2.05, 4.69) is 49.9 Å². The summed E-state index contributed by atoms with van der Waals surface area (Å²) in [7, 11) is 2.26. The molecule has 2 fully saturated rings. The van der Waals surface area contributed by atoms with Gasteiger partial charge >= 0.3 is 0 Å². The second-order valence-corrected chi connectivity index (χ2v) is 7.58. The molecular formula is C17H35N3. The average molecular weight is 281 g/mol. The molecule has 0 aromatic rings. The van der Waals surface area contributed by atoms with Gasteiger partial charge in [-0.1, -0.05) is 34.1 Å². The van der Waals surface area contributed by atoms with Crippen molar-refractivity contribution in [1.29, 1.82) is 0 Å². The molecule has 4 atom stereocenters. The molecule has 20 heavy (non-hydrogen) atoms. The molecule has 2 rings (SSSR count). The van der Waals surface area contributed by atoms with Gasteiger partial charge in [0.25, 0.3) is 0 Å². The molecule has 3 heteroatoms. The summed E-state index contributed by atoms with van der Waals surface area (Å²) in [5.41, 5.74) is 0. The number of likely N-dealkylation sites (tertiary alicyclic amines) is 1. The van der Waals surface area contributed by atoms with Gasteiger partial charge in [-0.25, -0.2) is 0 Å². The van der Waals surface area contributed by atoms with Gasteiger partial charge < -0.3 is 10.2 Å². The van der Waals surface area contributed by atoms with Crippen molar-refractivity contribution < 1.29 is 0 Å². The van der Waals surface area contributed by atoms with Crippen LogP contribution < -0.4 is 5.32 Å². The topological polar surface area (TPSA) is 18.5 Å². The molecule has 2 aliphatic heterocycles. The number of nitrogens with one attached hydrogen (secondary N) is 1. The predicted octanol–water partition coefficient (Wildman–Crippen LogP) is 2.28. The highest BCUT2D eigenvalue weighted by atomic mass is 15.2. The fraction of sp³-hybridized carbons (Fsp3) is 1.00. The molecule has 2 aliphatic rings. The monoisotopic (exact) mass is 281 g/mol. The van der Waals surface area contributed by atoms with Crippen LogP contribution in [0.25, 0.3) is 0 Å². The minimum Gasteiger partial charge on any atom is -0.311 e. The minimum atomic E-state index is 0.689. The van der Waals surface area contributed by atoms with E-state index in [1.807, 2.05) is 0 Å². The highest BCUT2D eigenvalue weighted by Gasteiger charge is 2.33. The second-order valence-electron chi connectivity index (χ2n) is 7.58. The zero-order valence-corrected chi connectivity index (χ0v) is 14.2. The van der Waals surface area contributed by atoms with Crippen LogP contribution in [0.5, 0.6) is 0 Å². The predicted molar refractivity (Wildman–Crippen MR) is 87.0 cm³/mol. The Morgan fingerprint density at radius 1 is 1.20 bits per heavy atom. The van der Waals surface area contributed by atoms with Gasteiger partial charge in [-0.2, -0.15) is 0 Å². The Bertz CT molecular complexity index is 290. The van der Waals surface area contributed by atoms with Gasteiger partial charge in [0.2, 0.25) is 0 Å². The quantitative estimate of drug-likeness (QED) is 0.834. The SMILES string of the molecule is CCC(C)C1CN(CC2CCN(C)C2)C(C(C)C)CN1. The molecule has 0 bridgehead atoms. The molecule has 4 unspecified atom stereocenters. The molecule has 0 aromatic heterocycles. The standard InChI is InChI=1S/C17H35N3/c1-6-14(4)16-12-20(17(9-18-16)13(2)3)11-15-7-8-19(5)10-15/h13-18H,6-12H2,1-5H3. The molecule has 3 nitrogen and oxygen atoms in total. The van der Waals surface area contributed by atoms with Crippen molar-refractivity contribution in [2.45, 2.75) is 52.6 Å². The molecule has 1 N–H and O–H groups in total. The Hall–Kier alpha value is -0.120. The van der Waals surface area contributed by atoms with E-state index < -0.39 is 0 Å². The van der Waals surface area contributed by atoms with Crippen LogP contribution in [0.1, 0.15) is 40.5 Å². The molecule has 0 saturated carbocycles. The van der Waals surface area contributed by atoms with Crippen LogP contribution in [0.15, 0.2) is 0 Å². The van der Waals surface area contributed by atoms with Crippen molar-refractivity contribution in [3.05, 3.63) is 0 Å². The van der Waals surface area contributed by atoms with Crippen LogP contribution in [0.4, 0.5) is 0 Å². The maximum Gasteiger partial charge on any atom is 0.0244 e. The molecule has 118 valence electrons. The van der Waals surface area contributed by atoms with Gasteiger partial charge in [0.05, 0.1) is 0 Å². The molecule has 0 amide bonds. The van der Waals surface area contributed by atoms with Crippen LogP contribution in [-0.2, 0) is 0 Å². The van der Waals surface area contributed by atoms with Gasteiger partial charge in [-0.3, -0.25) is 4.90 Å². The first-order chi connectivity index (χ1) is 9.51. The molecular weight excluding hydrogens is 246 g/mol. The Morgan fingerprint density at radius 2 is 1.95 bits per heavy atom. The van der Waals surface area contributed by atoms with E-state index in [1.54, 1.807) is 0 Å². The fourth-order valence-electron chi connectivity index (χ4n) is 3.89. The van der Waals surface area contributed by atoms with Gasteiger partial charge in [-0.05, 0) is 37.8 Å². The largest absolute Gasteiger partial charge is 0.311 e. The van der Waals surface area contributed by atoms with Crippen LogP contribution >= 0.6 is 0 Å². The van der Waals surface area contributed by atoms with Crippen LogP contribution in [0.2, 0.25) is 0 Å². The number of hydrogen-bond donors (Lipinski definition) is 1. The van der Waals surface area contributed by atoms with Crippen molar-refractivity contribution in [1.82, 2.24) is 15.1 Å². The lowest BCUT2D eigenvalue weighted by atomic mass is 9.91. The third kappa shape index (κ3) is 3.96. The summed E-state index contributed by atoms with van der Waals surface area (Å²) < 4.78 is 0. The summed E-state index contributed by atoms with van der Waals surface area (Å²) in [6.07, 6.45) is 2.67. The average Bonchev–Trinajstić information content (AvgIpc) is 2.82. The van der Waals surface area contributed by atoms with Crippen LogP contribution in [0.3, 0.4) is 0 Å². The molecule has 0 spiro atoms. The number of hydrogen-bond acceptors (Lipinski definition) is 3. The Labute approximate surface area is 126 Å². The van der Waals surface area contributed by atoms with Crippen molar-refractivity contribution in [3.8, 4) is 0 Å². The summed E-state index contributed by atoms with van der Waals surface area (Å²) in [6.45, 7) is 15.8. The summed E-state index contributed by atoms with van der Waals surface area (Å²) in [5, 5.41) is 3.81. The first-order valence-electron chi connectivity index (χ1n) is 8.67. The maximum absolute atomic E-state index is 3.81. The lowest BCUT2D eigenvalue weighted by Gasteiger charge is -2.45. The van der Waals surface area contributed by atoms with Gasteiger partial charge in [0.15, 0.2) is 0 Å². The first kappa shape index (κ1) is 16.3. The number of rotatable bonds is 5. The molecule has 0 aromatic carbocycles. The van der Waals surface area contributed by atoms with E-state index in [9.17, 15) is 0 Å². The van der Waals surface area contributed by atoms with Crippen molar-refractivity contribution in [3.63, 3.8) is 0 Å². The normalized spacial score (nSPS) is 34.8. The fourth-order valence-corrected chi connectivity index (χ4v) is 3.89. The summed E-state index contributed by atoms with van der Waals surface area (Å²) in [4.78, 5) is 5.30. The highest BCUT2D eigenvalue weighted by Crippen LogP contribution is 2.23. The summed E-state index contributed by atoms with van der Waals surface area (Å²) in [5.74, 6) is 2.42. The second kappa shape index (κ2) is 7.24. The van der Waals surface area contributed by atoms with Crippen molar-refractivity contribution in [2.75, 3.05) is 39.8 Å². The van der Waals surface area contributed by atoms with Crippen molar-refractivity contribution >= 4 is 0 Å². The molecule has 0 radical (unpaired) electrons. The molecule has 0 aliphatic carbocycles. The number of nitrogens with zero attached hydrogens (tertiary/aromatic N) is 2. The summed E-state index contributed by atoms with van der Waals surface area (Å²) >= 11 is 0. The van der Waals surface area contributed by atoms with Gasteiger partial charge in [0, 0.05) is 38.3 Å². The van der Waals surface area contributed by atoms with Gasteiger partial charge in [0.1, 0.15) is 0 Å². The van der Waals surface area contributed by atoms with Crippen LogP contribution in [0, 0.1) is 17.8 Å². The zero-order chi connectivity index (χ0) is 14.7. The third-order valence-corrected chi connectivity index (χ3v) is 5.57. The highest BCUT2D eigenvalue weighted by molar-refractivity contribution is 4.91. The summed E-state index contributed by atoms with van der Waals surface area (Å²) in [6, 6.07) is 1.41. The van der Waals surface area contributed by atoms with E-state index in [4.69, 9.17) is 0 Å². The Morgan fingerprint density at radius 3 is 2.50 bits per heavy atom. The Kier molecular flexibility index (Phi) is 5.88. The lowest BCUT2D eigenvalue weighted by Crippen LogP contribution is -2.60. The maximum atomic E-state index is 3.81. The zero-order valence-electron chi connectivity index (χ0n) is 14.2. The van der Waals surface area contributed by atoms with Crippen LogP contribution in [-0.4, -0.2) is 61.7 Å². The van der Waals surface area contributed by atoms with E-state index in [1.165, 1.54) is 45.6 Å². The third-order valence-electron chi connectivity index (χ3n) is 5.57. The van der Waals surface area contributed by atoms with Gasteiger partial charge in [-0.15, -0.1) is 0 Å². The van der Waals surface area contributed by atoms with E-state index in [-0.39, 0.29) is 0 Å².